The molecule has 0 radical (unpaired) electrons. The molecule has 0 spiro atoms. The molecule has 2 rings (SSSR count). The zero-order valence-electron chi connectivity index (χ0n) is 10.1. The SMILES string of the molecule is CC(C)[C@H](N)C(=O)NC1COc2ccccc21. The summed E-state index contributed by atoms with van der Waals surface area (Å²) in [6.45, 7) is 4.35. The van der Waals surface area contributed by atoms with Gasteiger partial charge in [-0.3, -0.25) is 4.79 Å². The average Bonchev–Trinajstić information content (AvgIpc) is 2.71. The van der Waals surface area contributed by atoms with Gasteiger partial charge in [-0.05, 0) is 12.0 Å². The molecule has 0 fully saturated rings. The molecule has 1 aromatic carbocycles. The number of benzene rings is 1. The maximum absolute atomic E-state index is 11.9. The van der Waals surface area contributed by atoms with Crippen molar-refractivity contribution in [1.82, 2.24) is 5.32 Å². The van der Waals surface area contributed by atoms with Crippen LogP contribution >= 0.6 is 0 Å². The average molecular weight is 234 g/mol. The number of rotatable bonds is 3. The lowest BCUT2D eigenvalue weighted by Crippen LogP contribution is -2.45. The minimum absolute atomic E-state index is 0.0801. The van der Waals surface area contributed by atoms with Crippen LogP contribution < -0.4 is 15.8 Å². The highest BCUT2D eigenvalue weighted by Crippen LogP contribution is 2.31. The largest absolute Gasteiger partial charge is 0.491 e. The smallest absolute Gasteiger partial charge is 0.237 e. The summed E-state index contributed by atoms with van der Waals surface area (Å²) >= 11 is 0. The Bertz CT molecular complexity index is 418. The lowest BCUT2D eigenvalue weighted by molar-refractivity contribution is -0.124. The summed E-state index contributed by atoms with van der Waals surface area (Å²) in [7, 11) is 0. The lowest BCUT2D eigenvalue weighted by atomic mass is 10.0. The van der Waals surface area contributed by atoms with E-state index < -0.39 is 6.04 Å². The highest BCUT2D eigenvalue weighted by atomic mass is 16.5. The fraction of sp³-hybridized carbons (Fsp3) is 0.462. The van der Waals surface area contributed by atoms with E-state index in [0.29, 0.717) is 6.61 Å². The molecule has 17 heavy (non-hydrogen) atoms. The molecule has 3 N–H and O–H groups in total. The predicted molar refractivity (Wildman–Crippen MR) is 65.6 cm³/mol. The van der Waals surface area contributed by atoms with E-state index in [1.165, 1.54) is 0 Å². The van der Waals surface area contributed by atoms with Gasteiger partial charge in [-0.2, -0.15) is 0 Å². The van der Waals surface area contributed by atoms with E-state index in [1.807, 2.05) is 38.1 Å². The van der Waals surface area contributed by atoms with Gasteiger partial charge in [0.1, 0.15) is 12.4 Å². The predicted octanol–water partition coefficient (Wildman–Crippen LogP) is 1.22. The first-order chi connectivity index (χ1) is 8.09. The monoisotopic (exact) mass is 234 g/mol. The molecule has 0 saturated heterocycles. The fourth-order valence-corrected chi connectivity index (χ4v) is 1.85. The van der Waals surface area contributed by atoms with Gasteiger partial charge in [-0.25, -0.2) is 0 Å². The van der Waals surface area contributed by atoms with Crippen LogP contribution in [0.25, 0.3) is 0 Å². The van der Waals surface area contributed by atoms with Gasteiger partial charge in [0.15, 0.2) is 0 Å². The summed E-state index contributed by atoms with van der Waals surface area (Å²) in [5.74, 6) is 0.855. The van der Waals surface area contributed by atoms with Crippen molar-refractivity contribution in [3.05, 3.63) is 29.8 Å². The van der Waals surface area contributed by atoms with E-state index in [4.69, 9.17) is 10.5 Å². The molecule has 1 heterocycles. The van der Waals surface area contributed by atoms with E-state index >= 15 is 0 Å². The zero-order valence-corrected chi connectivity index (χ0v) is 10.1. The molecule has 1 aliphatic rings. The van der Waals surface area contributed by atoms with Crippen molar-refractivity contribution in [2.75, 3.05) is 6.61 Å². The highest BCUT2D eigenvalue weighted by molar-refractivity contribution is 5.82. The van der Waals surface area contributed by atoms with Gasteiger partial charge in [-0.15, -0.1) is 0 Å². The van der Waals surface area contributed by atoms with Crippen molar-refractivity contribution in [2.45, 2.75) is 25.9 Å². The van der Waals surface area contributed by atoms with Crippen LogP contribution in [-0.2, 0) is 4.79 Å². The second-order valence-electron chi connectivity index (χ2n) is 4.68. The number of carbonyl (C=O) groups is 1. The van der Waals surface area contributed by atoms with E-state index in [-0.39, 0.29) is 17.9 Å². The fourth-order valence-electron chi connectivity index (χ4n) is 1.85. The molecular weight excluding hydrogens is 216 g/mol. The maximum atomic E-state index is 11.9. The Kier molecular flexibility index (Phi) is 3.33. The third-order valence-electron chi connectivity index (χ3n) is 3.04. The summed E-state index contributed by atoms with van der Waals surface area (Å²) in [4.78, 5) is 11.9. The van der Waals surface area contributed by atoms with Crippen LogP contribution in [0, 0.1) is 5.92 Å². The van der Waals surface area contributed by atoms with Crippen LogP contribution in [0.2, 0.25) is 0 Å². The third kappa shape index (κ3) is 2.42. The molecule has 1 amide bonds. The molecule has 2 atom stereocenters. The Morgan fingerprint density at radius 3 is 2.88 bits per heavy atom. The Morgan fingerprint density at radius 2 is 2.18 bits per heavy atom. The van der Waals surface area contributed by atoms with Gasteiger partial charge < -0.3 is 15.8 Å². The van der Waals surface area contributed by atoms with Crippen LogP contribution in [0.5, 0.6) is 5.75 Å². The van der Waals surface area contributed by atoms with Gasteiger partial charge in [0.2, 0.25) is 5.91 Å². The Labute approximate surface area is 101 Å². The van der Waals surface area contributed by atoms with Gasteiger partial charge in [0.05, 0.1) is 12.1 Å². The summed E-state index contributed by atoms with van der Waals surface area (Å²) in [5, 5.41) is 2.93. The molecule has 1 aromatic rings. The molecule has 92 valence electrons. The van der Waals surface area contributed by atoms with Crippen molar-refractivity contribution < 1.29 is 9.53 Å². The van der Waals surface area contributed by atoms with Gasteiger partial charge in [0, 0.05) is 5.56 Å². The van der Waals surface area contributed by atoms with Crippen LogP contribution in [0.4, 0.5) is 0 Å². The van der Waals surface area contributed by atoms with Crippen molar-refractivity contribution >= 4 is 5.91 Å². The first kappa shape index (κ1) is 11.9. The summed E-state index contributed by atoms with van der Waals surface area (Å²) in [5.41, 5.74) is 6.83. The molecule has 0 aliphatic carbocycles. The second kappa shape index (κ2) is 4.75. The van der Waals surface area contributed by atoms with Crippen LogP contribution in [0.15, 0.2) is 24.3 Å². The van der Waals surface area contributed by atoms with E-state index in [9.17, 15) is 4.79 Å². The van der Waals surface area contributed by atoms with E-state index in [2.05, 4.69) is 5.32 Å². The first-order valence-corrected chi connectivity index (χ1v) is 5.87. The van der Waals surface area contributed by atoms with Gasteiger partial charge in [0.25, 0.3) is 0 Å². The standard InChI is InChI=1S/C13H18N2O2/c1-8(2)12(14)13(16)15-10-7-17-11-6-4-3-5-9(10)11/h3-6,8,10,12H,7,14H2,1-2H3,(H,15,16)/t10?,12-/m0/s1. The molecule has 1 unspecified atom stereocenters. The molecular formula is C13H18N2O2. The number of nitrogens with one attached hydrogen (secondary N) is 1. The number of ether oxygens (including phenoxy) is 1. The quantitative estimate of drug-likeness (QED) is 0.826. The maximum Gasteiger partial charge on any atom is 0.237 e. The number of para-hydroxylation sites is 1. The Balaban J connectivity index is 2.05. The van der Waals surface area contributed by atoms with Crippen molar-refractivity contribution in [1.29, 1.82) is 0 Å². The third-order valence-corrected chi connectivity index (χ3v) is 3.04. The summed E-state index contributed by atoms with van der Waals surface area (Å²) < 4.78 is 5.50. The van der Waals surface area contributed by atoms with Crippen molar-refractivity contribution in [2.24, 2.45) is 11.7 Å². The van der Waals surface area contributed by atoms with Crippen LogP contribution in [0.1, 0.15) is 25.5 Å². The topological polar surface area (TPSA) is 64.4 Å². The summed E-state index contributed by atoms with van der Waals surface area (Å²) in [6.07, 6.45) is 0. The normalized spacial score (nSPS) is 19.6. The van der Waals surface area contributed by atoms with E-state index in [1.54, 1.807) is 0 Å². The molecule has 0 bridgehead atoms. The van der Waals surface area contributed by atoms with Crippen molar-refractivity contribution in [3.63, 3.8) is 0 Å². The lowest BCUT2D eigenvalue weighted by Gasteiger charge is -2.18. The Morgan fingerprint density at radius 1 is 1.47 bits per heavy atom. The number of fused-ring (bicyclic) bond motifs is 1. The second-order valence-corrected chi connectivity index (χ2v) is 4.68. The van der Waals surface area contributed by atoms with E-state index in [0.717, 1.165) is 11.3 Å². The van der Waals surface area contributed by atoms with Gasteiger partial charge >= 0.3 is 0 Å². The number of carbonyl (C=O) groups excluding carboxylic acids is 1. The molecule has 1 aliphatic heterocycles. The number of amides is 1. The minimum atomic E-state index is -0.470. The first-order valence-electron chi connectivity index (χ1n) is 5.87. The molecule has 4 heteroatoms. The number of hydrogen-bond donors (Lipinski definition) is 2. The highest BCUT2D eigenvalue weighted by Gasteiger charge is 2.27. The summed E-state index contributed by atoms with van der Waals surface area (Å²) in [6, 6.07) is 7.18. The van der Waals surface area contributed by atoms with Crippen molar-refractivity contribution in [3.8, 4) is 5.75 Å². The minimum Gasteiger partial charge on any atom is -0.491 e. The number of hydrogen-bond acceptors (Lipinski definition) is 3. The Hall–Kier alpha value is -1.55. The van der Waals surface area contributed by atoms with Gasteiger partial charge in [-0.1, -0.05) is 32.0 Å². The number of nitrogens with two attached hydrogens (primary N) is 1. The molecule has 4 nitrogen and oxygen atoms in total. The molecule has 0 aromatic heterocycles. The molecule has 0 saturated carbocycles. The van der Waals surface area contributed by atoms with Crippen LogP contribution in [-0.4, -0.2) is 18.6 Å². The zero-order chi connectivity index (χ0) is 12.4. The van der Waals surface area contributed by atoms with Crippen LogP contribution in [0.3, 0.4) is 0 Å².